The lowest BCUT2D eigenvalue weighted by atomic mass is 10.1. The molecule has 0 saturated heterocycles. The SMILES string of the molecule is Cc1ccc(CN2C(=O)[C@H](Cc3ccc(C(=O)O)cc3)Sc3c(F)cccc32)cc1. The van der Waals surface area contributed by atoms with Gasteiger partial charge in [-0.2, -0.15) is 0 Å². The van der Waals surface area contributed by atoms with Crippen LogP contribution in [0.4, 0.5) is 10.1 Å². The Balaban J connectivity index is 1.64. The lowest BCUT2D eigenvalue weighted by Crippen LogP contribution is -2.41. The molecule has 0 saturated carbocycles. The van der Waals surface area contributed by atoms with Crippen LogP contribution in [0.3, 0.4) is 0 Å². The summed E-state index contributed by atoms with van der Waals surface area (Å²) in [5.41, 5.74) is 3.72. The Hall–Kier alpha value is -3.12. The molecule has 6 heteroatoms. The van der Waals surface area contributed by atoms with Crippen LogP contribution in [0.5, 0.6) is 0 Å². The molecule has 0 aliphatic carbocycles. The van der Waals surface area contributed by atoms with Crippen molar-refractivity contribution in [2.45, 2.75) is 30.0 Å². The number of benzene rings is 3. The minimum Gasteiger partial charge on any atom is -0.478 e. The Kier molecular flexibility index (Phi) is 5.59. The first-order chi connectivity index (χ1) is 14.4. The van der Waals surface area contributed by atoms with E-state index in [0.29, 0.717) is 23.5 Å². The monoisotopic (exact) mass is 421 g/mol. The summed E-state index contributed by atoms with van der Waals surface area (Å²) in [7, 11) is 0. The maximum Gasteiger partial charge on any atom is 0.335 e. The molecular formula is C24H20FNO3S. The number of carboxylic acids is 1. The van der Waals surface area contributed by atoms with Gasteiger partial charge in [0, 0.05) is 0 Å². The van der Waals surface area contributed by atoms with Gasteiger partial charge in [0.2, 0.25) is 5.91 Å². The van der Waals surface area contributed by atoms with Crippen molar-refractivity contribution in [2.75, 3.05) is 4.90 Å². The minimum atomic E-state index is -0.995. The molecule has 4 rings (SSSR count). The van der Waals surface area contributed by atoms with Gasteiger partial charge in [0.15, 0.2) is 0 Å². The fraction of sp³-hybridized carbons (Fsp3) is 0.167. The molecule has 3 aromatic carbocycles. The van der Waals surface area contributed by atoms with Gasteiger partial charge in [-0.05, 0) is 48.7 Å². The number of hydrogen-bond donors (Lipinski definition) is 1. The summed E-state index contributed by atoms with van der Waals surface area (Å²) in [5, 5.41) is 8.57. The van der Waals surface area contributed by atoms with E-state index in [1.165, 1.54) is 30.0 Å². The number of aromatic carboxylic acids is 1. The van der Waals surface area contributed by atoms with Gasteiger partial charge >= 0.3 is 5.97 Å². The summed E-state index contributed by atoms with van der Waals surface area (Å²) in [5.74, 6) is -1.42. The molecule has 0 spiro atoms. The van der Waals surface area contributed by atoms with Gasteiger partial charge in [-0.3, -0.25) is 4.79 Å². The van der Waals surface area contributed by atoms with Gasteiger partial charge in [0.1, 0.15) is 5.82 Å². The lowest BCUT2D eigenvalue weighted by Gasteiger charge is -2.34. The Morgan fingerprint density at radius 2 is 1.70 bits per heavy atom. The van der Waals surface area contributed by atoms with Gasteiger partial charge in [-0.1, -0.05) is 48.0 Å². The smallest absolute Gasteiger partial charge is 0.335 e. The van der Waals surface area contributed by atoms with Crippen molar-refractivity contribution in [3.05, 3.63) is 94.8 Å². The number of hydrogen-bond acceptors (Lipinski definition) is 3. The molecule has 1 amide bonds. The molecule has 152 valence electrons. The number of halogens is 1. The summed E-state index contributed by atoms with van der Waals surface area (Å²) in [6, 6.07) is 19.2. The van der Waals surface area contributed by atoms with Crippen LogP contribution in [0.1, 0.15) is 27.0 Å². The highest BCUT2D eigenvalue weighted by molar-refractivity contribution is 8.01. The summed E-state index contributed by atoms with van der Waals surface area (Å²) in [6.45, 7) is 2.37. The molecule has 0 aromatic heterocycles. The molecule has 1 aliphatic heterocycles. The van der Waals surface area contributed by atoms with E-state index in [2.05, 4.69) is 0 Å². The predicted octanol–water partition coefficient (Wildman–Crippen LogP) is 5.08. The molecule has 0 unspecified atom stereocenters. The van der Waals surface area contributed by atoms with Crippen molar-refractivity contribution in [3.8, 4) is 0 Å². The van der Waals surface area contributed by atoms with Crippen LogP contribution in [-0.4, -0.2) is 22.2 Å². The lowest BCUT2D eigenvalue weighted by molar-refractivity contribution is -0.118. The van der Waals surface area contributed by atoms with Gasteiger partial charge in [0.25, 0.3) is 0 Å². The molecule has 1 heterocycles. The quantitative estimate of drug-likeness (QED) is 0.624. The third-order valence-corrected chi connectivity index (χ3v) is 6.41. The predicted molar refractivity (Wildman–Crippen MR) is 116 cm³/mol. The van der Waals surface area contributed by atoms with E-state index >= 15 is 0 Å². The largest absolute Gasteiger partial charge is 0.478 e. The van der Waals surface area contributed by atoms with Gasteiger partial charge in [-0.15, -0.1) is 11.8 Å². The topological polar surface area (TPSA) is 57.6 Å². The third-order valence-electron chi connectivity index (χ3n) is 5.12. The average molecular weight is 421 g/mol. The van der Waals surface area contributed by atoms with E-state index in [9.17, 15) is 14.0 Å². The number of carbonyl (C=O) groups excluding carboxylic acids is 1. The summed E-state index contributed by atoms with van der Waals surface area (Å²) < 4.78 is 14.6. The molecule has 30 heavy (non-hydrogen) atoms. The molecule has 1 N–H and O–H groups in total. The first-order valence-electron chi connectivity index (χ1n) is 9.56. The molecule has 0 radical (unpaired) electrons. The van der Waals surface area contributed by atoms with Crippen molar-refractivity contribution in [1.29, 1.82) is 0 Å². The maximum atomic E-state index is 14.6. The minimum absolute atomic E-state index is 0.0824. The van der Waals surface area contributed by atoms with Crippen molar-refractivity contribution in [3.63, 3.8) is 0 Å². The Morgan fingerprint density at radius 3 is 2.37 bits per heavy atom. The molecule has 0 bridgehead atoms. The van der Waals surface area contributed by atoms with Crippen LogP contribution >= 0.6 is 11.8 Å². The molecule has 1 aliphatic rings. The Bertz CT molecular complexity index is 1100. The highest BCUT2D eigenvalue weighted by atomic mass is 32.2. The fourth-order valence-electron chi connectivity index (χ4n) is 3.48. The number of amides is 1. The van der Waals surface area contributed by atoms with Crippen LogP contribution in [-0.2, 0) is 17.8 Å². The standard InChI is InChI=1S/C24H20FNO3S/c1-15-5-7-17(8-6-15)14-26-20-4-2-3-19(25)22(20)30-21(23(26)27)13-16-9-11-18(12-10-16)24(28)29/h2-12,21H,13-14H2,1H3,(H,28,29)/t21-/m0/s1. The average Bonchev–Trinajstić information content (AvgIpc) is 2.73. The number of carbonyl (C=O) groups is 2. The fourth-order valence-corrected chi connectivity index (χ4v) is 4.75. The van der Waals surface area contributed by atoms with E-state index in [4.69, 9.17) is 5.11 Å². The molecule has 1 atom stereocenters. The molecule has 4 nitrogen and oxygen atoms in total. The van der Waals surface area contributed by atoms with Gasteiger partial charge in [0.05, 0.1) is 27.9 Å². The summed E-state index contributed by atoms with van der Waals surface area (Å²) in [4.78, 5) is 26.5. The van der Waals surface area contributed by atoms with Crippen molar-refractivity contribution >= 4 is 29.3 Å². The third kappa shape index (κ3) is 4.09. The number of anilines is 1. The summed E-state index contributed by atoms with van der Waals surface area (Å²) >= 11 is 1.23. The van der Waals surface area contributed by atoms with Crippen molar-refractivity contribution < 1.29 is 19.1 Å². The normalized spacial score (nSPS) is 15.7. The van der Waals surface area contributed by atoms with E-state index in [0.717, 1.165) is 16.7 Å². The Labute approximate surface area is 178 Å². The number of thioether (sulfide) groups is 1. The van der Waals surface area contributed by atoms with Crippen LogP contribution in [0, 0.1) is 12.7 Å². The van der Waals surface area contributed by atoms with E-state index in [1.54, 1.807) is 29.2 Å². The number of carboxylic acid groups (broad SMARTS) is 1. The number of nitrogens with zero attached hydrogens (tertiary/aromatic N) is 1. The van der Waals surface area contributed by atoms with Crippen molar-refractivity contribution in [2.24, 2.45) is 0 Å². The molecular weight excluding hydrogens is 401 g/mol. The van der Waals surface area contributed by atoms with Gasteiger partial charge in [-0.25, -0.2) is 9.18 Å². The Morgan fingerprint density at radius 1 is 1.03 bits per heavy atom. The van der Waals surface area contributed by atoms with Crippen LogP contribution < -0.4 is 4.90 Å². The van der Waals surface area contributed by atoms with Crippen molar-refractivity contribution in [1.82, 2.24) is 0 Å². The first kappa shape index (κ1) is 20.2. The number of fused-ring (bicyclic) bond motifs is 1. The second-order valence-corrected chi connectivity index (χ2v) is 8.52. The van der Waals surface area contributed by atoms with Crippen LogP contribution in [0.25, 0.3) is 0 Å². The second-order valence-electron chi connectivity index (χ2n) is 7.31. The van der Waals surface area contributed by atoms with Gasteiger partial charge < -0.3 is 10.0 Å². The number of rotatable bonds is 5. The highest BCUT2D eigenvalue weighted by Crippen LogP contribution is 2.42. The van der Waals surface area contributed by atoms with E-state index in [1.807, 2.05) is 31.2 Å². The van der Waals surface area contributed by atoms with E-state index < -0.39 is 11.2 Å². The van der Waals surface area contributed by atoms with Crippen LogP contribution in [0.15, 0.2) is 71.6 Å². The first-order valence-corrected chi connectivity index (χ1v) is 10.4. The summed E-state index contributed by atoms with van der Waals surface area (Å²) in [6.07, 6.45) is 0.390. The molecule has 0 fully saturated rings. The van der Waals surface area contributed by atoms with Crippen LogP contribution in [0.2, 0.25) is 0 Å². The second kappa shape index (κ2) is 8.32. The maximum absolute atomic E-state index is 14.6. The molecule has 3 aromatic rings. The zero-order valence-electron chi connectivity index (χ0n) is 16.3. The highest BCUT2D eigenvalue weighted by Gasteiger charge is 2.35. The zero-order valence-corrected chi connectivity index (χ0v) is 17.2. The number of aryl methyl sites for hydroxylation is 1. The van der Waals surface area contributed by atoms with E-state index in [-0.39, 0.29) is 17.3 Å². The zero-order chi connectivity index (χ0) is 21.3.